The lowest BCUT2D eigenvalue weighted by atomic mass is 10.3. The molecule has 0 fully saturated rings. The van der Waals surface area contributed by atoms with Crippen molar-refractivity contribution in [1.29, 1.82) is 0 Å². The lowest BCUT2D eigenvalue weighted by molar-refractivity contribution is -0.172. The molecule has 6 heteroatoms. The van der Waals surface area contributed by atoms with Crippen LogP contribution in [0.2, 0.25) is 0 Å². The first-order chi connectivity index (χ1) is 5.34. The summed E-state index contributed by atoms with van der Waals surface area (Å²) in [6.45, 7) is 0.533. The number of alkyl halides is 3. The van der Waals surface area contributed by atoms with Gasteiger partial charge in [0.15, 0.2) is 0 Å². The van der Waals surface area contributed by atoms with E-state index in [1.54, 1.807) is 0 Å². The van der Waals surface area contributed by atoms with E-state index in [2.05, 4.69) is 4.74 Å². The number of halogens is 3. The van der Waals surface area contributed by atoms with Gasteiger partial charge >= 0.3 is 12.1 Å². The highest BCUT2D eigenvalue weighted by atomic mass is 19.4. The fourth-order valence-corrected chi connectivity index (χ4v) is 0.429. The van der Waals surface area contributed by atoms with Crippen molar-refractivity contribution in [2.24, 2.45) is 0 Å². The topological polar surface area (TPSA) is 43.4 Å². The van der Waals surface area contributed by atoms with Crippen LogP contribution in [-0.4, -0.2) is 24.5 Å². The van der Waals surface area contributed by atoms with Crippen LogP contribution in [0.15, 0.2) is 0 Å². The summed E-state index contributed by atoms with van der Waals surface area (Å²) < 4.78 is 38.6. The molecular weight excluding hydrogens is 177 g/mol. The molecule has 0 aliphatic carbocycles. The first kappa shape index (κ1) is 10.9. The van der Waals surface area contributed by atoms with Crippen LogP contribution in [0.4, 0.5) is 13.2 Å². The molecule has 0 atom stereocenters. The van der Waals surface area contributed by atoms with Crippen molar-refractivity contribution in [1.82, 2.24) is 0 Å². The molecule has 0 heterocycles. The van der Waals surface area contributed by atoms with E-state index in [1.165, 1.54) is 0 Å². The van der Waals surface area contributed by atoms with Gasteiger partial charge in [-0.2, -0.15) is 13.2 Å². The Kier molecular flexibility index (Phi) is 3.72. The van der Waals surface area contributed by atoms with Gasteiger partial charge in [-0.25, -0.2) is 0 Å². The van der Waals surface area contributed by atoms with E-state index in [-0.39, 0.29) is 0 Å². The van der Waals surface area contributed by atoms with Crippen LogP contribution >= 0.6 is 0 Å². The summed E-state index contributed by atoms with van der Waals surface area (Å²) in [5.74, 6) is -2.59. The van der Waals surface area contributed by atoms with E-state index in [9.17, 15) is 22.8 Å². The summed E-state index contributed by atoms with van der Waals surface area (Å²) in [7, 11) is 0. The maximum atomic E-state index is 11.5. The fourth-order valence-electron chi connectivity index (χ4n) is 0.429. The number of rotatable bonds is 3. The lowest BCUT2D eigenvalue weighted by Gasteiger charge is -2.04. The predicted molar refractivity (Wildman–Crippen MR) is 32.3 cm³/mol. The number of carbonyl (C=O) groups is 2. The number of carbonyl (C=O) groups excluding carboxylic acids is 2. The van der Waals surface area contributed by atoms with Gasteiger partial charge in [0, 0.05) is 6.92 Å². The van der Waals surface area contributed by atoms with E-state index in [4.69, 9.17) is 0 Å². The number of hydrogen-bond acceptors (Lipinski definition) is 3. The normalized spacial score (nSPS) is 11.0. The molecule has 0 aliphatic heterocycles. The molecule has 0 saturated carbocycles. The van der Waals surface area contributed by atoms with Gasteiger partial charge in [-0.1, -0.05) is 0 Å². The van der Waals surface area contributed by atoms with Crippen LogP contribution in [0.25, 0.3) is 0 Å². The average Bonchev–Trinajstić information content (AvgIpc) is 1.84. The number of ether oxygens (including phenoxy) is 1. The largest absolute Gasteiger partial charge is 0.465 e. The van der Waals surface area contributed by atoms with E-state index in [0.717, 1.165) is 6.92 Å². The third-order valence-electron chi connectivity index (χ3n) is 0.951. The first-order valence-corrected chi connectivity index (χ1v) is 3.07. The highest BCUT2D eigenvalue weighted by Gasteiger charge is 2.37. The Morgan fingerprint density at radius 2 is 1.83 bits per heavy atom. The van der Waals surface area contributed by atoms with Gasteiger partial charge in [-0.15, -0.1) is 0 Å². The van der Waals surface area contributed by atoms with Gasteiger partial charge in [0.05, 0.1) is 13.0 Å². The molecule has 0 spiro atoms. The third kappa shape index (κ3) is 4.70. The van der Waals surface area contributed by atoms with Crippen LogP contribution in [0.3, 0.4) is 0 Å². The minimum Gasteiger partial charge on any atom is -0.465 e. The Morgan fingerprint density at radius 3 is 2.17 bits per heavy atom. The fraction of sp³-hybridized carbons (Fsp3) is 0.667. The summed E-state index contributed by atoms with van der Waals surface area (Å²) in [5, 5.41) is 0. The van der Waals surface area contributed by atoms with Crippen molar-refractivity contribution in [3.05, 3.63) is 0 Å². The standard InChI is InChI=1S/C6H7F3O3/c1-4(10)12-3-2-5(11)6(7,8)9/h2-3H2,1H3. The number of Topliss-reactive ketones (excluding diaryl/α,β-unsaturated/α-hetero) is 1. The maximum Gasteiger partial charge on any atom is 0.450 e. The Hall–Kier alpha value is -1.07. The molecule has 0 aliphatic rings. The summed E-state index contributed by atoms with van der Waals surface area (Å²) >= 11 is 0. The van der Waals surface area contributed by atoms with E-state index < -0.39 is 31.0 Å². The maximum absolute atomic E-state index is 11.5. The molecule has 0 saturated heterocycles. The Morgan fingerprint density at radius 1 is 1.33 bits per heavy atom. The highest BCUT2D eigenvalue weighted by Crippen LogP contribution is 2.17. The van der Waals surface area contributed by atoms with Crippen LogP contribution in [0.5, 0.6) is 0 Å². The second-order valence-electron chi connectivity index (χ2n) is 2.01. The van der Waals surface area contributed by atoms with Crippen molar-refractivity contribution in [2.45, 2.75) is 19.5 Å². The Balaban J connectivity index is 3.66. The molecule has 0 bridgehead atoms. The average molecular weight is 184 g/mol. The molecule has 0 N–H and O–H groups in total. The number of esters is 1. The van der Waals surface area contributed by atoms with Crippen molar-refractivity contribution in [2.75, 3.05) is 6.61 Å². The first-order valence-electron chi connectivity index (χ1n) is 3.07. The molecule has 0 radical (unpaired) electrons. The van der Waals surface area contributed by atoms with Crippen molar-refractivity contribution in [3.8, 4) is 0 Å². The second-order valence-corrected chi connectivity index (χ2v) is 2.01. The lowest BCUT2D eigenvalue weighted by Crippen LogP contribution is -2.24. The van der Waals surface area contributed by atoms with Gasteiger partial charge < -0.3 is 4.74 Å². The predicted octanol–water partition coefficient (Wildman–Crippen LogP) is 1.07. The van der Waals surface area contributed by atoms with Crippen LogP contribution < -0.4 is 0 Å². The molecule has 0 aromatic carbocycles. The van der Waals surface area contributed by atoms with Crippen LogP contribution in [-0.2, 0) is 14.3 Å². The van der Waals surface area contributed by atoms with E-state index in [0.29, 0.717) is 0 Å². The smallest absolute Gasteiger partial charge is 0.450 e. The summed E-state index contributed by atoms with van der Waals surface area (Å²) in [6.07, 6.45) is -5.65. The van der Waals surface area contributed by atoms with Crippen LogP contribution in [0.1, 0.15) is 13.3 Å². The second kappa shape index (κ2) is 4.08. The zero-order chi connectivity index (χ0) is 9.78. The minimum absolute atomic E-state index is 0.520. The van der Waals surface area contributed by atoms with E-state index >= 15 is 0 Å². The van der Waals surface area contributed by atoms with Gasteiger partial charge in [-0.05, 0) is 0 Å². The number of hydrogen-bond donors (Lipinski definition) is 0. The zero-order valence-electron chi connectivity index (χ0n) is 6.27. The molecule has 0 unspecified atom stereocenters. The molecule has 0 amide bonds. The zero-order valence-corrected chi connectivity index (χ0v) is 6.27. The molecule has 70 valence electrons. The molecule has 0 aromatic rings. The molecular formula is C6H7F3O3. The van der Waals surface area contributed by atoms with Crippen molar-refractivity contribution in [3.63, 3.8) is 0 Å². The molecule has 3 nitrogen and oxygen atoms in total. The summed E-state index contributed by atoms with van der Waals surface area (Å²) in [5.41, 5.74) is 0. The summed E-state index contributed by atoms with van der Waals surface area (Å²) in [6, 6.07) is 0. The Bertz CT molecular complexity index is 185. The van der Waals surface area contributed by atoms with Crippen molar-refractivity contribution < 1.29 is 27.5 Å². The molecule has 0 aromatic heterocycles. The number of ketones is 1. The minimum atomic E-state index is -4.83. The quantitative estimate of drug-likeness (QED) is 0.616. The van der Waals surface area contributed by atoms with Gasteiger partial charge in [-0.3, -0.25) is 9.59 Å². The molecule has 12 heavy (non-hydrogen) atoms. The van der Waals surface area contributed by atoms with Gasteiger partial charge in [0.2, 0.25) is 5.78 Å². The summed E-state index contributed by atoms with van der Waals surface area (Å²) in [4.78, 5) is 20.2. The Labute approximate surface area is 66.5 Å². The molecule has 0 rings (SSSR count). The van der Waals surface area contributed by atoms with E-state index in [1.807, 2.05) is 0 Å². The van der Waals surface area contributed by atoms with Crippen molar-refractivity contribution >= 4 is 11.8 Å². The van der Waals surface area contributed by atoms with Gasteiger partial charge in [0.1, 0.15) is 0 Å². The highest BCUT2D eigenvalue weighted by molar-refractivity contribution is 5.84. The van der Waals surface area contributed by atoms with Crippen LogP contribution in [0, 0.1) is 0 Å². The van der Waals surface area contributed by atoms with Gasteiger partial charge in [0.25, 0.3) is 0 Å². The third-order valence-corrected chi connectivity index (χ3v) is 0.951. The monoisotopic (exact) mass is 184 g/mol. The SMILES string of the molecule is CC(=O)OCCC(=O)C(F)(F)F.